The van der Waals surface area contributed by atoms with Crippen molar-refractivity contribution < 1.29 is 4.79 Å². The van der Waals surface area contributed by atoms with E-state index in [1.54, 1.807) is 14.1 Å². The van der Waals surface area contributed by atoms with Crippen molar-refractivity contribution in [3.05, 3.63) is 20.8 Å². The molecular formula is C14H21N5O3S. The lowest BCUT2D eigenvalue weighted by molar-refractivity contribution is -0.118. The fraction of sp³-hybridized carbons (Fsp3) is 0.571. The largest absolute Gasteiger partial charge is 0.358 e. The Balaban J connectivity index is 2.64. The zero-order valence-corrected chi connectivity index (χ0v) is 14.6. The van der Waals surface area contributed by atoms with E-state index in [2.05, 4.69) is 17.2 Å². The summed E-state index contributed by atoms with van der Waals surface area (Å²) in [6.45, 7) is 2.68. The SMILES string of the molecule is CCCCn1c(SCC(=O)NC)nc2c1c(=O)n(C)c(=O)n2C. The van der Waals surface area contributed by atoms with Crippen molar-refractivity contribution in [1.29, 1.82) is 0 Å². The lowest BCUT2D eigenvalue weighted by Crippen LogP contribution is -2.37. The van der Waals surface area contributed by atoms with Crippen LogP contribution in [0.5, 0.6) is 0 Å². The monoisotopic (exact) mass is 339 g/mol. The first-order valence-electron chi connectivity index (χ1n) is 7.42. The van der Waals surface area contributed by atoms with Crippen LogP contribution in [0.2, 0.25) is 0 Å². The molecule has 126 valence electrons. The number of amides is 1. The van der Waals surface area contributed by atoms with Gasteiger partial charge in [0.15, 0.2) is 16.3 Å². The molecule has 0 unspecified atom stereocenters. The van der Waals surface area contributed by atoms with Crippen LogP contribution in [-0.2, 0) is 25.4 Å². The van der Waals surface area contributed by atoms with Crippen LogP contribution in [0.15, 0.2) is 14.7 Å². The summed E-state index contributed by atoms with van der Waals surface area (Å²) in [7, 11) is 4.62. The Kier molecular flexibility index (Phi) is 5.30. The predicted octanol–water partition coefficient (Wildman–Crippen LogP) is 0.0719. The van der Waals surface area contributed by atoms with E-state index in [1.807, 2.05) is 4.57 Å². The highest BCUT2D eigenvalue weighted by molar-refractivity contribution is 7.99. The number of nitrogens with one attached hydrogen (secondary N) is 1. The van der Waals surface area contributed by atoms with Gasteiger partial charge < -0.3 is 9.88 Å². The van der Waals surface area contributed by atoms with Gasteiger partial charge in [-0.3, -0.25) is 18.7 Å². The summed E-state index contributed by atoms with van der Waals surface area (Å²) in [5.41, 5.74) is -0.0138. The number of aryl methyl sites for hydroxylation is 2. The Hall–Kier alpha value is -2.03. The van der Waals surface area contributed by atoms with Crippen molar-refractivity contribution in [2.75, 3.05) is 12.8 Å². The van der Waals surface area contributed by atoms with E-state index in [9.17, 15) is 14.4 Å². The molecule has 0 radical (unpaired) electrons. The van der Waals surface area contributed by atoms with Crippen LogP contribution in [0.1, 0.15) is 19.8 Å². The number of hydrogen-bond acceptors (Lipinski definition) is 5. The van der Waals surface area contributed by atoms with Gasteiger partial charge in [0.05, 0.1) is 5.75 Å². The van der Waals surface area contributed by atoms with Crippen molar-refractivity contribution >= 4 is 28.8 Å². The van der Waals surface area contributed by atoms with Crippen molar-refractivity contribution in [2.24, 2.45) is 14.1 Å². The van der Waals surface area contributed by atoms with Gasteiger partial charge in [0.25, 0.3) is 5.56 Å². The van der Waals surface area contributed by atoms with E-state index in [0.717, 1.165) is 17.4 Å². The van der Waals surface area contributed by atoms with Gasteiger partial charge in [0, 0.05) is 27.7 Å². The quantitative estimate of drug-likeness (QED) is 0.752. The molecule has 0 aliphatic carbocycles. The van der Waals surface area contributed by atoms with Gasteiger partial charge in [-0.15, -0.1) is 0 Å². The molecule has 0 saturated heterocycles. The number of nitrogens with zero attached hydrogens (tertiary/aromatic N) is 4. The van der Waals surface area contributed by atoms with Crippen LogP contribution in [0.3, 0.4) is 0 Å². The molecule has 2 aromatic rings. The van der Waals surface area contributed by atoms with Gasteiger partial charge in [-0.2, -0.15) is 0 Å². The molecule has 0 saturated carbocycles. The number of carbonyl (C=O) groups is 1. The number of unbranched alkanes of at least 4 members (excludes halogenated alkanes) is 1. The van der Waals surface area contributed by atoms with Crippen LogP contribution >= 0.6 is 11.8 Å². The summed E-state index contributed by atoms with van der Waals surface area (Å²) >= 11 is 1.26. The molecule has 0 aliphatic rings. The summed E-state index contributed by atoms with van der Waals surface area (Å²) < 4.78 is 4.26. The third kappa shape index (κ3) is 3.19. The van der Waals surface area contributed by atoms with Gasteiger partial charge in [-0.1, -0.05) is 25.1 Å². The fourth-order valence-corrected chi connectivity index (χ4v) is 3.16. The third-order valence-electron chi connectivity index (χ3n) is 3.66. The Morgan fingerprint density at radius 2 is 1.96 bits per heavy atom. The second-order valence-corrected chi connectivity index (χ2v) is 6.18. The number of thioether (sulfide) groups is 1. The molecule has 2 rings (SSSR count). The first-order valence-corrected chi connectivity index (χ1v) is 8.40. The molecule has 2 heterocycles. The number of rotatable bonds is 6. The number of fused-ring (bicyclic) bond motifs is 1. The third-order valence-corrected chi connectivity index (χ3v) is 4.64. The molecule has 23 heavy (non-hydrogen) atoms. The number of imidazole rings is 1. The molecule has 2 aromatic heterocycles. The first kappa shape index (κ1) is 17.3. The molecule has 8 nitrogen and oxygen atoms in total. The summed E-state index contributed by atoms with van der Waals surface area (Å²) in [5, 5.41) is 3.13. The second-order valence-electron chi connectivity index (χ2n) is 5.24. The van der Waals surface area contributed by atoms with Crippen LogP contribution < -0.4 is 16.6 Å². The Morgan fingerprint density at radius 3 is 2.57 bits per heavy atom. The van der Waals surface area contributed by atoms with Gasteiger partial charge >= 0.3 is 5.69 Å². The minimum Gasteiger partial charge on any atom is -0.358 e. The highest BCUT2D eigenvalue weighted by Gasteiger charge is 2.19. The van der Waals surface area contributed by atoms with Gasteiger partial charge in [-0.25, -0.2) is 9.78 Å². The van der Waals surface area contributed by atoms with E-state index < -0.39 is 5.69 Å². The van der Waals surface area contributed by atoms with E-state index in [-0.39, 0.29) is 17.2 Å². The summed E-state index contributed by atoms with van der Waals surface area (Å²) in [5.74, 6) is 0.0890. The number of hydrogen-bond donors (Lipinski definition) is 1. The molecule has 0 fully saturated rings. The summed E-state index contributed by atoms with van der Waals surface area (Å²) in [6.07, 6.45) is 1.84. The van der Waals surface area contributed by atoms with Gasteiger partial charge in [0.1, 0.15) is 0 Å². The molecule has 0 bridgehead atoms. The first-order chi connectivity index (χ1) is 10.9. The highest BCUT2D eigenvalue weighted by atomic mass is 32.2. The van der Waals surface area contributed by atoms with Gasteiger partial charge in [0.2, 0.25) is 5.91 Å². The average molecular weight is 339 g/mol. The molecule has 1 amide bonds. The summed E-state index contributed by atoms with van der Waals surface area (Å²) in [6, 6.07) is 0. The minimum absolute atomic E-state index is 0.120. The molecule has 0 aromatic carbocycles. The molecule has 0 aliphatic heterocycles. The van der Waals surface area contributed by atoms with Crippen LogP contribution in [0.25, 0.3) is 11.2 Å². The molecule has 0 atom stereocenters. The highest BCUT2D eigenvalue weighted by Crippen LogP contribution is 2.22. The topological polar surface area (TPSA) is 90.9 Å². The molecule has 9 heteroatoms. The van der Waals surface area contributed by atoms with Crippen molar-refractivity contribution in [3.63, 3.8) is 0 Å². The summed E-state index contributed by atoms with van der Waals surface area (Å²) in [4.78, 5) is 40.5. The maximum Gasteiger partial charge on any atom is 0.332 e. The van der Waals surface area contributed by atoms with Crippen LogP contribution in [-0.4, -0.2) is 37.4 Å². The number of carbonyl (C=O) groups excluding carboxylic acids is 1. The zero-order valence-electron chi connectivity index (χ0n) is 13.8. The lowest BCUT2D eigenvalue weighted by atomic mass is 10.3. The lowest BCUT2D eigenvalue weighted by Gasteiger charge is -2.08. The van der Waals surface area contributed by atoms with Crippen molar-refractivity contribution in [1.82, 2.24) is 24.0 Å². The maximum absolute atomic E-state index is 12.5. The Labute approximate surface area is 137 Å². The van der Waals surface area contributed by atoms with Crippen molar-refractivity contribution in [2.45, 2.75) is 31.5 Å². The smallest absolute Gasteiger partial charge is 0.332 e. The van der Waals surface area contributed by atoms with Crippen LogP contribution in [0, 0.1) is 0 Å². The molecule has 1 N–H and O–H groups in total. The number of aromatic nitrogens is 4. The van der Waals surface area contributed by atoms with Crippen molar-refractivity contribution in [3.8, 4) is 0 Å². The predicted molar refractivity (Wildman–Crippen MR) is 89.9 cm³/mol. The Morgan fingerprint density at radius 1 is 1.26 bits per heavy atom. The normalized spacial score (nSPS) is 11.1. The van der Waals surface area contributed by atoms with Crippen LogP contribution in [0.4, 0.5) is 0 Å². The second kappa shape index (κ2) is 7.03. The minimum atomic E-state index is -0.412. The fourth-order valence-electron chi connectivity index (χ4n) is 2.26. The molecular weight excluding hydrogens is 318 g/mol. The van der Waals surface area contributed by atoms with E-state index in [1.165, 1.54) is 23.4 Å². The van der Waals surface area contributed by atoms with Gasteiger partial charge in [-0.05, 0) is 6.42 Å². The molecule has 0 spiro atoms. The zero-order chi connectivity index (χ0) is 17.1. The Bertz CT molecular complexity index is 849. The standard InChI is InChI=1S/C14H21N5O3S/c1-5-6-7-19-10-11(16-13(19)23-8-9(20)15-2)17(3)14(22)18(4)12(10)21/h5-8H2,1-4H3,(H,15,20). The van der Waals surface area contributed by atoms with E-state index >= 15 is 0 Å². The average Bonchev–Trinajstić information content (AvgIpc) is 2.92. The van der Waals surface area contributed by atoms with E-state index in [4.69, 9.17) is 0 Å². The van der Waals surface area contributed by atoms with E-state index in [0.29, 0.717) is 22.9 Å². The maximum atomic E-state index is 12.5.